The lowest BCUT2D eigenvalue weighted by atomic mass is 9.68. The van der Waals surface area contributed by atoms with E-state index in [-0.39, 0.29) is 5.91 Å². The molecule has 1 spiro atoms. The van der Waals surface area contributed by atoms with Crippen molar-refractivity contribution in [3.05, 3.63) is 35.9 Å². The zero-order valence-electron chi connectivity index (χ0n) is 16.6. The summed E-state index contributed by atoms with van der Waals surface area (Å²) in [4.78, 5) is 19.4. The van der Waals surface area contributed by atoms with Crippen LogP contribution in [0.5, 0.6) is 0 Å². The minimum atomic E-state index is 0.275. The van der Waals surface area contributed by atoms with Crippen molar-refractivity contribution in [1.82, 2.24) is 14.7 Å². The third-order valence-electron chi connectivity index (χ3n) is 6.73. The van der Waals surface area contributed by atoms with E-state index in [1.165, 1.54) is 31.4 Å². The van der Waals surface area contributed by atoms with Crippen LogP contribution in [0.2, 0.25) is 0 Å². The molecule has 0 radical (unpaired) electrons. The van der Waals surface area contributed by atoms with Crippen LogP contribution in [-0.2, 0) is 9.53 Å². The first-order valence-corrected chi connectivity index (χ1v) is 10.4. The van der Waals surface area contributed by atoms with Crippen LogP contribution in [0.3, 0.4) is 0 Å². The van der Waals surface area contributed by atoms with Gasteiger partial charge in [-0.3, -0.25) is 9.69 Å². The smallest absolute Gasteiger partial charge is 0.236 e. The Labute approximate surface area is 163 Å². The summed E-state index contributed by atoms with van der Waals surface area (Å²) in [6.07, 6.45) is 3.70. The molecule has 5 nitrogen and oxygen atoms in total. The number of benzene rings is 1. The Bertz CT molecular complexity index is 622. The van der Waals surface area contributed by atoms with Crippen molar-refractivity contribution in [2.75, 3.05) is 66.1 Å². The van der Waals surface area contributed by atoms with Crippen LogP contribution >= 0.6 is 0 Å². The van der Waals surface area contributed by atoms with E-state index in [0.29, 0.717) is 31.1 Å². The zero-order valence-corrected chi connectivity index (χ0v) is 16.6. The van der Waals surface area contributed by atoms with E-state index < -0.39 is 0 Å². The molecule has 1 aromatic carbocycles. The second kappa shape index (κ2) is 8.29. The molecular weight excluding hydrogens is 338 g/mol. The van der Waals surface area contributed by atoms with Crippen LogP contribution in [0, 0.1) is 5.41 Å². The molecule has 3 aliphatic heterocycles. The average molecular weight is 372 g/mol. The summed E-state index contributed by atoms with van der Waals surface area (Å²) >= 11 is 0. The number of ether oxygens (including phenoxy) is 1. The van der Waals surface area contributed by atoms with Crippen molar-refractivity contribution in [3.8, 4) is 0 Å². The molecule has 148 valence electrons. The Balaban J connectivity index is 1.33. The first kappa shape index (κ1) is 18.9. The number of carbonyl (C=O) groups excluding carboxylic acids is 1. The highest BCUT2D eigenvalue weighted by Gasteiger charge is 2.41. The fraction of sp³-hybridized carbons (Fsp3) is 0.682. The van der Waals surface area contributed by atoms with Gasteiger partial charge >= 0.3 is 0 Å². The Morgan fingerprint density at radius 1 is 1.11 bits per heavy atom. The fourth-order valence-electron chi connectivity index (χ4n) is 5.27. The summed E-state index contributed by atoms with van der Waals surface area (Å²) in [5.74, 6) is 0.906. The van der Waals surface area contributed by atoms with Crippen LogP contribution in [-0.4, -0.2) is 86.7 Å². The van der Waals surface area contributed by atoms with Crippen LogP contribution in [0.25, 0.3) is 0 Å². The largest absolute Gasteiger partial charge is 0.378 e. The minimum absolute atomic E-state index is 0.275. The number of carbonyl (C=O) groups is 1. The average Bonchev–Trinajstić information content (AvgIpc) is 2.71. The van der Waals surface area contributed by atoms with Gasteiger partial charge in [-0.05, 0) is 56.3 Å². The van der Waals surface area contributed by atoms with Gasteiger partial charge in [0.15, 0.2) is 0 Å². The number of piperidine rings is 2. The van der Waals surface area contributed by atoms with E-state index in [9.17, 15) is 4.79 Å². The number of hydrogen-bond acceptors (Lipinski definition) is 4. The van der Waals surface area contributed by atoms with E-state index in [4.69, 9.17) is 4.74 Å². The highest BCUT2D eigenvalue weighted by atomic mass is 16.5. The first-order valence-electron chi connectivity index (χ1n) is 10.4. The van der Waals surface area contributed by atoms with E-state index in [1.54, 1.807) is 0 Å². The summed E-state index contributed by atoms with van der Waals surface area (Å²) < 4.78 is 5.36. The van der Waals surface area contributed by atoms with Crippen LogP contribution in [0.15, 0.2) is 30.3 Å². The second-order valence-corrected chi connectivity index (χ2v) is 8.78. The van der Waals surface area contributed by atoms with E-state index in [0.717, 1.165) is 32.7 Å². The predicted octanol–water partition coefficient (Wildman–Crippen LogP) is 2.05. The molecule has 3 aliphatic rings. The molecule has 0 aliphatic carbocycles. The monoisotopic (exact) mass is 371 g/mol. The molecule has 5 heteroatoms. The summed E-state index contributed by atoms with van der Waals surface area (Å²) in [5.41, 5.74) is 1.89. The fourth-order valence-corrected chi connectivity index (χ4v) is 5.27. The third-order valence-corrected chi connectivity index (χ3v) is 6.73. The maximum absolute atomic E-state index is 12.5. The van der Waals surface area contributed by atoms with Gasteiger partial charge in [-0.1, -0.05) is 30.3 Å². The van der Waals surface area contributed by atoms with Gasteiger partial charge in [0.05, 0.1) is 19.8 Å². The van der Waals surface area contributed by atoms with Crippen molar-refractivity contribution in [3.63, 3.8) is 0 Å². The maximum Gasteiger partial charge on any atom is 0.236 e. The van der Waals surface area contributed by atoms with E-state index in [2.05, 4.69) is 47.2 Å². The van der Waals surface area contributed by atoms with Crippen molar-refractivity contribution in [1.29, 1.82) is 0 Å². The van der Waals surface area contributed by atoms with Gasteiger partial charge in [0.1, 0.15) is 0 Å². The van der Waals surface area contributed by atoms with Gasteiger partial charge in [0.2, 0.25) is 5.91 Å². The Kier molecular flexibility index (Phi) is 5.81. The van der Waals surface area contributed by atoms with Gasteiger partial charge in [-0.2, -0.15) is 0 Å². The molecule has 1 unspecified atom stereocenters. The molecule has 1 aromatic rings. The third kappa shape index (κ3) is 4.53. The number of amides is 1. The molecule has 3 fully saturated rings. The first-order chi connectivity index (χ1) is 13.1. The summed E-state index contributed by atoms with van der Waals surface area (Å²) in [5, 5.41) is 0. The molecule has 3 saturated heterocycles. The number of hydrogen-bond donors (Lipinski definition) is 0. The van der Waals surface area contributed by atoms with Crippen LogP contribution < -0.4 is 0 Å². The number of morpholine rings is 1. The summed E-state index contributed by atoms with van der Waals surface area (Å²) in [6, 6.07) is 11.0. The number of nitrogens with zero attached hydrogens (tertiary/aromatic N) is 3. The lowest BCUT2D eigenvalue weighted by Crippen LogP contribution is -2.52. The topological polar surface area (TPSA) is 36.0 Å². The molecular formula is C22H33N3O2. The van der Waals surface area contributed by atoms with Gasteiger partial charge in [0.25, 0.3) is 0 Å². The van der Waals surface area contributed by atoms with Crippen LogP contribution in [0.4, 0.5) is 0 Å². The lowest BCUT2D eigenvalue weighted by Gasteiger charge is -2.49. The molecule has 0 aromatic heterocycles. The quantitative estimate of drug-likeness (QED) is 0.815. The zero-order chi connectivity index (χ0) is 18.7. The highest BCUT2D eigenvalue weighted by molar-refractivity contribution is 5.78. The Morgan fingerprint density at radius 2 is 1.81 bits per heavy atom. The minimum Gasteiger partial charge on any atom is -0.378 e. The van der Waals surface area contributed by atoms with Gasteiger partial charge in [-0.15, -0.1) is 0 Å². The second-order valence-electron chi connectivity index (χ2n) is 8.78. The normalized spacial score (nSPS) is 27.0. The van der Waals surface area contributed by atoms with Gasteiger partial charge in [0, 0.05) is 26.2 Å². The van der Waals surface area contributed by atoms with Crippen molar-refractivity contribution < 1.29 is 9.53 Å². The summed E-state index contributed by atoms with van der Waals surface area (Å²) in [6.45, 7) is 7.89. The molecule has 4 rings (SSSR count). The Hall–Kier alpha value is -1.43. The predicted molar refractivity (Wildman–Crippen MR) is 107 cm³/mol. The number of rotatable bonds is 3. The molecule has 1 amide bonds. The molecule has 27 heavy (non-hydrogen) atoms. The molecule has 0 bridgehead atoms. The van der Waals surface area contributed by atoms with Crippen molar-refractivity contribution in [2.45, 2.75) is 25.2 Å². The number of likely N-dealkylation sites (N-methyl/N-ethyl adjacent to an activating group) is 1. The highest BCUT2D eigenvalue weighted by Crippen LogP contribution is 2.44. The van der Waals surface area contributed by atoms with E-state index in [1.807, 2.05) is 4.90 Å². The van der Waals surface area contributed by atoms with Crippen molar-refractivity contribution in [2.24, 2.45) is 5.41 Å². The van der Waals surface area contributed by atoms with Crippen LogP contribution in [0.1, 0.15) is 30.7 Å². The molecule has 0 N–H and O–H groups in total. The van der Waals surface area contributed by atoms with Crippen molar-refractivity contribution >= 4 is 5.91 Å². The molecule has 0 saturated carbocycles. The summed E-state index contributed by atoms with van der Waals surface area (Å²) in [7, 11) is 2.27. The maximum atomic E-state index is 12.5. The Morgan fingerprint density at radius 3 is 2.52 bits per heavy atom. The molecule has 1 atom stereocenters. The standard InChI is InChI=1S/C22H33N3O2/c1-23-16-20(19-5-3-2-4-6-19)15-22(18-23)7-9-24(10-8-22)17-21(26)25-11-13-27-14-12-25/h2-6,20H,7-18H2,1H3. The lowest BCUT2D eigenvalue weighted by molar-refractivity contribution is -0.137. The van der Waals surface area contributed by atoms with Gasteiger partial charge < -0.3 is 14.5 Å². The number of likely N-dealkylation sites (tertiary alicyclic amines) is 2. The SMILES string of the molecule is CN1CC(c2ccccc2)CC2(CCN(CC(=O)N3CCOCC3)CC2)C1. The van der Waals surface area contributed by atoms with E-state index >= 15 is 0 Å². The molecule has 3 heterocycles. The van der Waals surface area contributed by atoms with Gasteiger partial charge in [-0.25, -0.2) is 0 Å².